The van der Waals surface area contributed by atoms with Gasteiger partial charge in [-0.2, -0.15) is 5.26 Å². The van der Waals surface area contributed by atoms with Gasteiger partial charge in [-0.1, -0.05) is 26.7 Å². The number of methoxy groups -OCH3 is 3. The monoisotopic (exact) mass is 475 g/mol. The summed E-state index contributed by atoms with van der Waals surface area (Å²) in [4.78, 5) is 20.2. The van der Waals surface area contributed by atoms with E-state index in [1.807, 2.05) is 13.0 Å². The highest BCUT2D eigenvalue weighted by atomic mass is 16.7. The second-order valence-corrected chi connectivity index (χ2v) is 8.33. The van der Waals surface area contributed by atoms with Crippen LogP contribution in [-0.4, -0.2) is 63.2 Å². The molecule has 9 nitrogen and oxygen atoms in total. The lowest BCUT2D eigenvalue weighted by atomic mass is 10.1. The highest BCUT2D eigenvalue weighted by molar-refractivity contribution is 5.72. The van der Waals surface area contributed by atoms with E-state index < -0.39 is 12.0 Å². The van der Waals surface area contributed by atoms with Crippen LogP contribution in [0.15, 0.2) is 0 Å². The van der Waals surface area contributed by atoms with Crippen molar-refractivity contribution >= 4 is 12.3 Å². The number of carbonyl (C=O) groups is 2. The molecule has 0 spiro atoms. The molecule has 5 N–H and O–H groups in total. The summed E-state index contributed by atoms with van der Waals surface area (Å²) in [6.45, 7) is 6.43. The average Bonchev–Trinajstić information content (AvgIpc) is 2.79. The lowest BCUT2D eigenvalue weighted by Crippen LogP contribution is -2.30. The quantitative estimate of drug-likeness (QED) is 0.162. The van der Waals surface area contributed by atoms with E-state index >= 15 is 0 Å². The van der Waals surface area contributed by atoms with Crippen LogP contribution in [0, 0.1) is 17.2 Å². The first-order chi connectivity index (χ1) is 15.6. The maximum Gasteiger partial charge on any atom is 0.320 e. The lowest BCUT2D eigenvalue weighted by Gasteiger charge is -2.13. The summed E-state index contributed by atoms with van der Waals surface area (Å²) in [6, 6.07) is 0.904. The fraction of sp³-hybridized carbons (Fsp3) is 0.875. The standard InChI is InChI=1S/C8H16N2O.C8H17NO4.C8H16O/c1-7(11-2)4-3-5-8(10)6-9;1-12-7(13-2)5-3-4-6(9)8(10)11;1-8(2)6-4-3-5-7-9/h7-8H,3-5,10H2,1-2H3;6-7H,3-5,9H2,1-2H3,(H,10,11);7-8H,3-6H2,1-2H3/t;6-;/m.1./s1. The first-order valence-corrected chi connectivity index (χ1v) is 11.7. The molecule has 0 heterocycles. The number of nitrogens with two attached hydrogens (primary N) is 2. The fourth-order valence-corrected chi connectivity index (χ4v) is 2.55. The van der Waals surface area contributed by atoms with Crippen molar-refractivity contribution in [3.05, 3.63) is 0 Å². The molecule has 0 aliphatic carbocycles. The number of hydrogen-bond acceptors (Lipinski definition) is 8. The molecule has 0 aliphatic heterocycles. The molecule has 0 aromatic carbocycles. The molecule has 9 heteroatoms. The molecular formula is C24H49N3O6. The van der Waals surface area contributed by atoms with Gasteiger partial charge < -0.3 is 35.6 Å². The summed E-state index contributed by atoms with van der Waals surface area (Å²) < 4.78 is 14.9. The number of hydrogen-bond donors (Lipinski definition) is 3. The lowest BCUT2D eigenvalue weighted by molar-refractivity contribution is -0.139. The van der Waals surface area contributed by atoms with Gasteiger partial charge in [0.05, 0.1) is 18.2 Å². The third-order valence-electron chi connectivity index (χ3n) is 4.85. The molecule has 0 aliphatic rings. The first kappa shape index (κ1) is 36.0. The van der Waals surface area contributed by atoms with Crippen molar-refractivity contribution in [3.8, 4) is 6.07 Å². The number of carboxylic acid groups (broad SMARTS) is 1. The molecule has 3 atom stereocenters. The van der Waals surface area contributed by atoms with E-state index in [1.54, 1.807) is 21.3 Å². The van der Waals surface area contributed by atoms with Crippen LogP contribution in [0.5, 0.6) is 0 Å². The maximum atomic E-state index is 10.3. The minimum atomic E-state index is -0.966. The van der Waals surface area contributed by atoms with Crippen LogP contribution >= 0.6 is 0 Å². The Morgan fingerprint density at radius 2 is 1.48 bits per heavy atom. The zero-order chi connectivity index (χ0) is 26.1. The highest BCUT2D eigenvalue weighted by Crippen LogP contribution is 2.07. The summed E-state index contributed by atoms with van der Waals surface area (Å²) >= 11 is 0. The number of aldehydes is 1. The Morgan fingerprint density at radius 3 is 1.91 bits per heavy atom. The van der Waals surface area contributed by atoms with Crippen LogP contribution < -0.4 is 11.5 Å². The first-order valence-electron chi connectivity index (χ1n) is 11.7. The van der Waals surface area contributed by atoms with E-state index in [9.17, 15) is 9.59 Å². The van der Waals surface area contributed by atoms with Crippen molar-refractivity contribution < 1.29 is 28.9 Å². The molecule has 0 radical (unpaired) electrons. The molecule has 0 saturated carbocycles. The van der Waals surface area contributed by atoms with Crippen LogP contribution in [0.3, 0.4) is 0 Å². The molecule has 0 fully saturated rings. The minimum Gasteiger partial charge on any atom is -0.480 e. The molecule has 0 aromatic heterocycles. The van der Waals surface area contributed by atoms with Gasteiger partial charge in [-0.05, 0) is 57.8 Å². The largest absolute Gasteiger partial charge is 0.480 e. The Bertz CT molecular complexity index is 481. The van der Waals surface area contributed by atoms with Crippen molar-refractivity contribution in [3.63, 3.8) is 0 Å². The fourth-order valence-electron chi connectivity index (χ4n) is 2.55. The molecule has 0 saturated heterocycles. The third-order valence-corrected chi connectivity index (χ3v) is 4.85. The zero-order valence-electron chi connectivity index (χ0n) is 21.6. The number of aliphatic carboxylic acids is 1. The predicted octanol–water partition coefficient (Wildman–Crippen LogP) is 3.63. The normalized spacial score (nSPS) is 13.1. The number of ether oxygens (including phenoxy) is 3. The van der Waals surface area contributed by atoms with E-state index in [4.69, 9.17) is 36.0 Å². The number of nitriles is 1. The molecule has 0 aromatic rings. The second-order valence-electron chi connectivity index (χ2n) is 8.33. The number of nitrogens with zero attached hydrogens (tertiary/aromatic N) is 1. The van der Waals surface area contributed by atoms with Crippen LogP contribution in [0.25, 0.3) is 0 Å². The number of carboxylic acids is 1. The Balaban J connectivity index is -0.000000416. The topological polar surface area (TPSA) is 158 Å². The third kappa shape index (κ3) is 30.4. The Kier molecular flexibility index (Phi) is 29.1. The van der Waals surface area contributed by atoms with E-state index in [-0.39, 0.29) is 18.4 Å². The van der Waals surface area contributed by atoms with Crippen LogP contribution in [0.1, 0.15) is 85.0 Å². The van der Waals surface area contributed by atoms with Gasteiger partial charge in [0, 0.05) is 27.8 Å². The van der Waals surface area contributed by atoms with Crippen LogP contribution in [-0.2, 0) is 23.8 Å². The van der Waals surface area contributed by atoms with Crippen molar-refractivity contribution in [2.45, 2.75) is 109 Å². The summed E-state index contributed by atoms with van der Waals surface area (Å²) in [6.07, 6.45) is 9.78. The SMILES string of the molecule is CC(C)CCCCC=O.COC(C)CCCC(N)C#N.COC(CCC[C@@H](N)C(=O)O)OC. The van der Waals surface area contributed by atoms with E-state index in [2.05, 4.69) is 13.8 Å². The highest BCUT2D eigenvalue weighted by Gasteiger charge is 2.12. The molecule has 0 amide bonds. The average molecular weight is 476 g/mol. The smallest absolute Gasteiger partial charge is 0.320 e. The van der Waals surface area contributed by atoms with Gasteiger partial charge in [0.1, 0.15) is 12.3 Å². The van der Waals surface area contributed by atoms with Gasteiger partial charge in [0.25, 0.3) is 0 Å². The Hall–Kier alpha value is -1.57. The van der Waals surface area contributed by atoms with Gasteiger partial charge in [0.2, 0.25) is 0 Å². The van der Waals surface area contributed by atoms with Gasteiger partial charge >= 0.3 is 5.97 Å². The van der Waals surface area contributed by atoms with Crippen molar-refractivity contribution in [2.75, 3.05) is 21.3 Å². The second kappa shape index (κ2) is 26.7. The number of carbonyl (C=O) groups excluding carboxylic acids is 1. The molecular weight excluding hydrogens is 426 g/mol. The maximum absolute atomic E-state index is 10.3. The zero-order valence-corrected chi connectivity index (χ0v) is 21.6. The molecule has 196 valence electrons. The number of unbranched alkanes of at least 4 members (excludes halogenated alkanes) is 2. The van der Waals surface area contributed by atoms with E-state index in [1.165, 1.54) is 12.8 Å². The predicted molar refractivity (Wildman–Crippen MR) is 131 cm³/mol. The molecule has 33 heavy (non-hydrogen) atoms. The summed E-state index contributed by atoms with van der Waals surface area (Å²) in [7, 11) is 4.78. The van der Waals surface area contributed by atoms with Gasteiger partial charge in [-0.3, -0.25) is 4.79 Å². The molecule has 2 unspecified atom stereocenters. The van der Waals surface area contributed by atoms with E-state index in [0.29, 0.717) is 19.3 Å². The van der Waals surface area contributed by atoms with Gasteiger partial charge in [-0.15, -0.1) is 0 Å². The molecule has 0 bridgehead atoms. The minimum absolute atomic E-state index is 0.263. The number of rotatable bonds is 17. The van der Waals surface area contributed by atoms with Crippen LogP contribution in [0.4, 0.5) is 0 Å². The summed E-state index contributed by atoms with van der Waals surface area (Å²) in [5.74, 6) is -0.178. The Morgan fingerprint density at radius 1 is 0.909 bits per heavy atom. The van der Waals surface area contributed by atoms with Crippen LogP contribution in [0.2, 0.25) is 0 Å². The van der Waals surface area contributed by atoms with E-state index in [0.717, 1.165) is 44.3 Å². The summed E-state index contributed by atoms with van der Waals surface area (Å²) in [5, 5.41) is 16.8. The molecule has 0 rings (SSSR count). The van der Waals surface area contributed by atoms with Crippen molar-refractivity contribution in [1.29, 1.82) is 5.26 Å². The Labute approximate surface area is 201 Å². The van der Waals surface area contributed by atoms with Gasteiger partial charge in [0.15, 0.2) is 6.29 Å². The summed E-state index contributed by atoms with van der Waals surface area (Å²) in [5.41, 5.74) is 10.7. The van der Waals surface area contributed by atoms with Crippen molar-refractivity contribution in [1.82, 2.24) is 0 Å². The van der Waals surface area contributed by atoms with Crippen molar-refractivity contribution in [2.24, 2.45) is 17.4 Å². The van der Waals surface area contributed by atoms with Gasteiger partial charge in [-0.25, -0.2) is 0 Å².